The molecule has 3 rings (SSSR count). The van der Waals surface area contributed by atoms with Crippen LogP contribution in [-0.2, 0) is 5.41 Å². The Morgan fingerprint density at radius 3 is 1.44 bits per heavy atom. The maximum atomic E-state index is 3.87. The van der Waals surface area contributed by atoms with Crippen LogP contribution in [0.3, 0.4) is 0 Å². The highest BCUT2D eigenvalue weighted by Gasteiger charge is 2.47. The number of hydrogen-bond donors (Lipinski definition) is 0. The van der Waals surface area contributed by atoms with Crippen LogP contribution in [-0.4, -0.2) is 0 Å². The van der Waals surface area contributed by atoms with Gasteiger partial charge in [-0.15, -0.1) is 22.7 Å². The van der Waals surface area contributed by atoms with Gasteiger partial charge < -0.3 is 0 Å². The number of halogens is 2. The Hall–Kier alpha value is 0.360. The van der Waals surface area contributed by atoms with Crippen molar-refractivity contribution in [1.82, 2.24) is 0 Å². The summed E-state index contributed by atoms with van der Waals surface area (Å²) in [6.45, 7) is 9.31. The topological polar surface area (TPSA) is 0 Å². The van der Waals surface area contributed by atoms with Crippen LogP contribution in [0.1, 0.15) is 100 Å². The summed E-state index contributed by atoms with van der Waals surface area (Å²) in [5.74, 6) is 0. The molecule has 0 saturated carbocycles. The first-order valence-corrected chi connectivity index (χ1v) is 13.8. The highest BCUT2D eigenvalue weighted by molar-refractivity contribution is 9.11. The lowest BCUT2D eigenvalue weighted by Crippen LogP contribution is -2.26. The molecule has 27 heavy (non-hydrogen) atoms. The van der Waals surface area contributed by atoms with Gasteiger partial charge in [0.15, 0.2) is 0 Å². The van der Waals surface area contributed by atoms with Crippen LogP contribution in [0.25, 0.3) is 9.75 Å². The Morgan fingerprint density at radius 1 is 0.667 bits per heavy atom. The predicted octanol–water partition coefficient (Wildman–Crippen LogP) is 10.2. The van der Waals surface area contributed by atoms with E-state index >= 15 is 0 Å². The van der Waals surface area contributed by atoms with E-state index in [1.165, 1.54) is 82.9 Å². The van der Waals surface area contributed by atoms with E-state index in [1.807, 2.05) is 22.7 Å². The van der Waals surface area contributed by atoms with Crippen molar-refractivity contribution in [2.24, 2.45) is 0 Å². The Balaban J connectivity index is 2.06. The maximum absolute atomic E-state index is 3.87. The molecule has 1 aliphatic carbocycles. The molecule has 1 aliphatic rings. The zero-order valence-corrected chi connectivity index (χ0v) is 21.9. The van der Waals surface area contributed by atoms with E-state index in [1.54, 1.807) is 20.9 Å². The van der Waals surface area contributed by atoms with Crippen molar-refractivity contribution in [3.63, 3.8) is 0 Å². The van der Waals surface area contributed by atoms with Crippen LogP contribution in [0.5, 0.6) is 0 Å². The smallest absolute Gasteiger partial charge is 0.0737 e. The molecule has 0 N–H and O–H groups in total. The van der Waals surface area contributed by atoms with Crippen LogP contribution >= 0.6 is 54.5 Å². The van der Waals surface area contributed by atoms with E-state index in [2.05, 4.69) is 59.6 Å². The van der Waals surface area contributed by atoms with E-state index in [4.69, 9.17) is 0 Å². The van der Waals surface area contributed by atoms with Crippen LogP contribution in [0.15, 0.2) is 7.57 Å². The molecule has 0 aromatic carbocycles. The van der Waals surface area contributed by atoms with Crippen LogP contribution in [0, 0.1) is 13.8 Å². The summed E-state index contributed by atoms with van der Waals surface area (Å²) in [5.41, 5.74) is 6.58. The van der Waals surface area contributed by atoms with Gasteiger partial charge in [-0.1, -0.05) is 65.2 Å². The second kappa shape index (κ2) is 9.45. The number of hydrogen-bond acceptors (Lipinski definition) is 2. The summed E-state index contributed by atoms with van der Waals surface area (Å²) >= 11 is 11.7. The molecule has 0 spiro atoms. The van der Waals surface area contributed by atoms with Gasteiger partial charge in [0.05, 0.1) is 17.3 Å². The van der Waals surface area contributed by atoms with Gasteiger partial charge in [0.1, 0.15) is 0 Å². The average molecular weight is 532 g/mol. The second-order valence-corrected chi connectivity index (χ2v) is 12.8. The molecule has 0 bridgehead atoms. The lowest BCUT2D eigenvalue weighted by molar-refractivity contribution is 0.399. The first kappa shape index (κ1) is 22.1. The summed E-state index contributed by atoms with van der Waals surface area (Å²) in [4.78, 5) is 3.11. The van der Waals surface area contributed by atoms with E-state index < -0.39 is 0 Å². The zero-order valence-electron chi connectivity index (χ0n) is 17.1. The van der Waals surface area contributed by atoms with Gasteiger partial charge in [-0.05, 0) is 80.8 Å². The molecule has 0 nitrogen and oxygen atoms in total. The molecule has 0 amide bonds. The lowest BCUT2D eigenvalue weighted by atomic mass is 9.69. The summed E-state index contributed by atoms with van der Waals surface area (Å²) in [5, 5.41) is 0. The summed E-state index contributed by atoms with van der Waals surface area (Å²) in [7, 11) is 0. The van der Waals surface area contributed by atoms with Crippen LogP contribution in [0.4, 0.5) is 0 Å². The van der Waals surface area contributed by atoms with E-state index in [9.17, 15) is 0 Å². The molecular formula is C23H32Br2S2. The van der Waals surface area contributed by atoms with Crippen molar-refractivity contribution in [1.29, 1.82) is 0 Å². The quantitative estimate of drug-likeness (QED) is 0.267. The molecule has 0 radical (unpaired) electrons. The SMILES string of the molecule is CCCCCCC1(CCCCCC)c2c(sc(Br)c2C)-c2sc(Br)c(C)c21. The normalized spacial score (nSPS) is 14.6. The molecule has 0 atom stereocenters. The Kier molecular flexibility index (Phi) is 7.72. The maximum Gasteiger partial charge on any atom is 0.0737 e. The molecule has 2 aromatic rings. The highest BCUT2D eigenvalue weighted by Crippen LogP contribution is 2.63. The molecule has 150 valence electrons. The third kappa shape index (κ3) is 4.02. The van der Waals surface area contributed by atoms with Crippen molar-refractivity contribution in [3.05, 3.63) is 29.8 Å². The van der Waals surface area contributed by atoms with Gasteiger partial charge in [-0.3, -0.25) is 0 Å². The summed E-state index contributed by atoms with van der Waals surface area (Å²) in [6, 6.07) is 0. The van der Waals surface area contributed by atoms with Gasteiger partial charge in [0, 0.05) is 5.41 Å². The van der Waals surface area contributed by atoms with Gasteiger partial charge in [-0.25, -0.2) is 0 Å². The molecule has 2 aromatic heterocycles. The Labute approximate surface area is 190 Å². The minimum absolute atomic E-state index is 0.241. The van der Waals surface area contributed by atoms with Gasteiger partial charge in [0.2, 0.25) is 0 Å². The minimum atomic E-state index is 0.241. The molecule has 0 fully saturated rings. The summed E-state index contributed by atoms with van der Waals surface area (Å²) < 4.78 is 2.68. The summed E-state index contributed by atoms with van der Waals surface area (Å²) in [6.07, 6.45) is 13.4. The fraction of sp³-hybridized carbons (Fsp3) is 0.652. The number of fused-ring (bicyclic) bond motifs is 3. The van der Waals surface area contributed by atoms with E-state index in [-0.39, 0.29) is 5.41 Å². The number of thiophene rings is 2. The largest absolute Gasteiger partial charge is 0.127 e. The molecule has 2 heterocycles. The number of rotatable bonds is 10. The number of unbranched alkanes of at least 4 members (excludes halogenated alkanes) is 6. The monoisotopic (exact) mass is 530 g/mol. The standard InChI is InChI=1S/C23H32Br2S2/c1-5-7-9-11-13-23(14-12-10-8-6-2)17-15(3)21(24)26-19(17)20-18(23)16(4)22(25)27-20/h5-14H2,1-4H3. The molecule has 0 saturated heterocycles. The van der Waals surface area contributed by atoms with Gasteiger partial charge in [0.25, 0.3) is 0 Å². The van der Waals surface area contributed by atoms with Gasteiger partial charge >= 0.3 is 0 Å². The van der Waals surface area contributed by atoms with Crippen molar-refractivity contribution in [3.8, 4) is 9.75 Å². The third-order valence-electron chi connectivity index (χ3n) is 6.25. The predicted molar refractivity (Wildman–Crippen MR) is 131 cm³/mol. The Morgan fingerprint density at radius 2 is 1.07 bits per heavy atom. The third-order valence-corrected chi connectivity index (χ3v) is 10.7. The first-order valence-electron chi connectivity index (χ1n) is 10.6. The molecule has 0 unspecified atom stereocenters. The van der Waals surface area contributed by atoms with E-state index in [0.29, 0.717) is 0 Å². The van der Waals surface area contributed by atoms with Crippen molar-refractivity contribution in [2.75, 3.05) is 0 Å². The lowest BCUT2D eigenvalue weighted by Gasteiger charge is -2.33. The van der Waals surface area contributed by atoms with Gasteiger partial charge in [-0.2, -0.15) is 0 Å². The molecule has 4 heteroatoms. The van der Waals surface area contributed by atoms with E-state index in [0.717, 1.165) is 0 Å². The first-order chi connectivity index (χ1) is 13.0. The second-order valence-electron chi connectivity index (χ2n) is 8.11. The van der Waals surface area contributed by atoms with Crippen LogP contribution in [0.2, 0.25) is 0 Å². The highest BCUT2D eigenvalue weighted by atomic mass is 79.9. The molecular weight excluding hydrogens is 500 g/mol. The average Bonchev–Trinajstić information content (AvgIpc) is 3.20. The minimum Gasteiger partial charge on any atom is -0.127 e. The molecule has 0 aliphatic heterocycles. The zero-order chi connectivity index (χ0) is 19.6. The van der Waals surface area contributed by atoms with Crippen molar-refractivity contribution < 1.29 is 0 Å². The fourth-order valence-electron chi connectivity index (χ4n) is 4.90. The van der Waals surface area contributed by atoms with Crippen molar-refractivity contribution in [2.45, 2.75) is 97.3 Å². The Bertz CT molecular complexity index is 719. The van der Waals surface area contributed by atoms with Crippen LogP contribution < -0.4 is 0 Å². The fourth-order valence-corrected chi connectivity index (χ4v) is 8.68. The van der Waals surface area contributed by atoms with Crippen molar-refractivity contribution >= 4 is 54.5 Å².